The molecule has 0 saturated carbocycles. The molecular formula is C23H21NO3. The highest BCUT2D eigenvalue weighted by Gasteiger charge is 2.13. The van der Waals surface area contributed by atoms with Gasteiger partial charge in [0.2, 0.25) is 5.91 Å². The van der Waals surface area contributed by atoms with Crippen LogP contribution in [0.25, 0.3) is 11.1 Å². The van der Waals surface area contributed by atoms with E-state index in [2.05, 4.69) is 11.9 Å². The van der Waals surface area contributed by atoms with Gasteiger partial charge in [-0.15, -0.1) is 0 Å². The molecule has 0 unspecified atom stereocenters. The molecular weight excluding hydrogens is 338 g/mol. The maximum atomic E-state index is 11.8. The molecule has 0 fully saturated rings. The summed E-state index contributed by atoms with van der Waals surface area (Å²) in [6, 6.07) is 23.2. The zero-order valence-corrected chi connectivity index (χ0v) is 15.1. The van der Waals surface area contributed by atoms with Crippen LogP contribution in [-0.4, -0.2) is 13.0 Å². The molecule has 3 aromatic rings. The largest absolute Gasteiger partial charge is 0.497 e. The van der Waals surface area contributed by atoms with E-state index >= 15 is 0 Å². The van der Waals surface area contributed by atoms with Crippen molar-refractivity contribution in [3.8, 4) is 22.6 Å². The average Bonchev–Trinajstić information content (AvgIpc) is 2.73. The van der Waals surface area contributed by atoms with Gasteiger partial charge in [-0.05, 0) is 35.9 Å². The van der Waals surface area contributed by atoms with Crippen molar-refractivity contribution in [1.82, 2.24) is 0 Å². The van der Waals surface area contributed by atoms with Crippen molar-refractivity contribution in [2.75, 3.05) is 12.4 Å². The predicted octanol–water partition coefficient (Wildman–Crippen LogP) is 5.07. The van der Waals surface area contributed by atoms with Gasteiger partial charge in [0.25, 0.3) is 0 Å². The number of para-hydroxylation sites is 1. The Morgan fingerprint density at radius 3 is 2.48 bits per heavy atom. The van der Waals surface area contributed by atoms with E-state index < -0.39 is 0 Å². The Morgan fingerprint density at radius 2 is 1.74 bits per heavy atom. The Bertz CT molecular complexity index is 935. The summed E-state index contributed by atoms with van der Waals surface area (Å²) in [5, 5.41) is 2.84. The number of hydrogen-bond acceptors (Lipinski definition) is 3. The molecule has 0 bridgehead atoms. The Labute approximate surface area is 159 Å². The Kier molecular flexibility index (Phi) is 5.90. The zero-order valence-electron chi connectivity index (χ0n) is 15.1. The van der Waals surface area contributed by atoms with E-state index in [1.165, 1.54) is 6.08 Å². The summed E-state index contributed by atoms with van der Waals surface area (Å²) in [7, 11) is 1.61. The van der Waals surface area contributed by atoms with Gasteiger partial charge in [0.05, 0.1) is 7.11 Å². The van der Waals surface area contributed by atoms with E-state index in [1.807, 2.05) is 66.7 Å². The molecule has 0 radical (unpaired) electrons. The third-order valence-electron chi connectivity index (χ3n) is 4.08. The van der Waals surface area contributed by atoms with E-state index in [4.69, 9.17) is 9.47 Å². The first-order valence-electron chi connectivity index (χ1n) is 8.59. The van der Waals surface area contributed by atoms with Crippen LogP contribution in [0.3, 0.4) is 0 Å². The summed E-state index contributed by atoms with van der Waals surface area (Å²) in [5.41, 5.74) is 3.43. The van der Waals surface area contributed by atoms with Crippen LogP contribution in [0.5, 0.6) is 11.5 Å². The van der Waals surface area contributed by atoms with Crippen molar-refractivity contribution in [2.45, 2.75) is 6.61 Å². The summed E-state index contributed by atoms with van der Waals surface area (Å²) in [4.78, 5) is 11.8. The molecule has 0 spiro atoms. The Morgan fingerprint density at radius 1 is 1.00 bits per heavy atom. The number of nitrogens with one attached hydrogen (secondary N) is 1. The molecule has 0 aromatic heterocycles. The van der Waals surface area contributed by atoms with Crippen LogP contribution in [0.15, 0.2) is 85.5 Å². The van der Waals surface area contributed by atoms with Crippen LogP contribution in [-0.2, 0) is 11.4 Å². The second kappa shape index (κ2) is 8.72. The predicted molar refractivity (Wildman–Crippen MR) is 108 cm³/mol. The van der Waals surface area contributed by atoms with Crippen LogP contribution in [0.1, 0.15) is 5.56 Å². The quantitative estimate of drug-likeness (QED) is 0.600. The van der Waals surface area contributed by atoms with Crippen molar-refractivity contribution < 1.29 is 14.3 Å². The number of carbonyl (C=O) groups excluding carboxylic acids is 1. The number of benzene rings is 3. The highest BCUT2D eigenvalue weighted by atomic mass is 16.5. The molecule has 0 atom stereocenters. The maximum Gasteiger partial charge on any atom is 0.247 e. The van der Waals surface area contributed by atoms with Gasteiger partial charge in [-0.3, -0.25) is 4.79 Å². The Hall–Kier alpha value is -3.53. The summed E-state index contributed by atoms with van der Waals surface area (Å²) in [6.45, 7) is 3.97. The standard InChI is InChI=1S/C23H21NO3/c1-3-23(25)24-21-14-13-18(26-2)15-20(21)19-11-7-8-12-22(19)27-16-17-9-5-4-6-10-17/h3-15H,1,16H2,2H3,(H,24,25). The number of amides is 1. The first-order chi connectivity index (χ1) is 13.2. The monoisotopic (exact) mass is 359 g/mol. The van der Waals surface area contributed by atoms with Crippen LogP contribution in [0, 0.1) is 0 Å². The molecule has 3 rings (SSSR count). The normalized spacial score (nSPS) is 10.1. The molecule has 1 N–H and O–H groups in total. The minimum atomic E-state index is -0.274. The van der Waals surface area contributed by atoms with Gasteiger partial charge in [0.15, 0.2) is 0 Å². The van der Waals surface area contributed by atoms with Crippen LogP contribution >= 0.6 is 0 Å². The molecule has 3 aromatic carbocycles. The number of carbonyl (C=O) groups is 1. The van der Waals surface area contributed by atoms with E-state index in [0.29, 0.717) is 18.0 Å². The molecule has 0 aliphatic heterocycles. The van der Waals surface area contributed by atoms with Crippen molar-refractivity contribution >= 4 is 11.6 Å². The van der Waals surface area contributed by atoms with E-state index in [-0.39, 0.29) is 5.91 Å². The van der Waals surface area contributed by atoms with E-state index in [9.17, 15) is 4.79 Å². The molecule has 4 nitrogen and oxygen atoms in total. The molecule has 27 heavy (non-hydrogen) atoms. The highest BCUT2D eigenvalue weighted by molar-refractivity contribution is 6.02. The number of methoxy groups -OCH3 is 1. The summed E-state index contributed by atoms with van der Waals surface area (Å²) in [6.07, 6.45) is 1.24. The first-order valence-corrected chi connectivity index (χ1v) is 8.59. The van der Waals surface area contributed by atoms with E-state index in [0.717, 1.165) is 22.4 Å². The summed E-state index contributed by atoms with van der Waals surface area (Å²) >= 11 is 0. The first kappa shape index (κ1) is 18.3. The second-order valence-electron chi connectivity index (χ2n) is 5.88. The van der Waals surface area contributed by atoms with Gasteiger partial charge in [-0.2, -0.15) is 0 Å². The fraction of sp³-hybridized carbons (Fsp3) is 0.0870. The van der Waals surface area contributed by atoms with Crippen molar-refractivity contribution in [1.29, 1.82) is 0 Å². The minimum Gasteiger partial charge on any atom is -0.497 e. The molecule has 1 amide bonds. The fourth-order valence-electron chi connectivity index (χ4n) is 2.72. The minimum absolute atomic E-state index is 0.274. The van der Waals surface area contributed by atoms with Crippen molar-refractivity contribution in [2.24, 2.45) is 0 Å². The molecule has 136 valence electrons. The second-order valence-corrected chi connectivity index (χ2v) is 5.88. The summed E-state index contributed by atoms with van der Waals surface area (Å²) < 4.78 is 11.4. The SMILES string of the molecule is C=CC(=O)Nc1ccc(OC)cc1-c1ccccc1OCc1ccccc1. The maximum absolute atomic E-state index is 11.8. The van der Waals surface area contributed by atoms with Crippen molar-refractivity contribution in [3.05, 3.63) is 91.0 Å². The van der Waals surface area contributed by atoms with Gasteiger partial charge in [-0.25, -0.2) is 0 Å². The van der Waals surface area contributed by atoms with Crippen LogP contribution < -0.4 is 14.8 Å². The third kappa shape index (κ3) is 4.55. The topological polar surface area (TPSA) is 47.6 Å². The molecule has 0 heterocycles. The lowest BCUT2D eigenvalue weighted by Gasteiger charge is -2.16. The van der Waals surface area contributed by atoms with E-state index in [1.54, 1.807) is 13.2 Å². The smallest absolute Gasteiger partial charge is 0.247 e. The zero-order chi connectivity index (χ0) is 19.1. The molecule has 0 saturated heterocycles. The third-order valence-corrected chi connectivity index (χ3v) is 4.08. The number of ether oxygens (including phenoxy) is 2. The van der Waals surface area contributed by atoms with Gasteiger partial charge in [0.1, 0.15) is 18.1 Å². The molecule has 4 heteroatoms. The van der Waals surface area contributed by atoms with Crippen molar-refractivity contribution in [3.63, 3.8) is 0 Å². The lowest BCUT2D eigenvalue weighted by molar-refractivity contribution is -0.111. The molecule has 0 aliphatic rings. The fourth-order valence-corrected chi connectivity index (χ4v) is 2.72. The van der Waals surface area contributed by atoms with Gasteiger partial charge in [-0.1, -0.05) is 55.1 Å². The van der Waals surface area contributed by atoms with Gasteiger partial charge in [0, 0.05) is 16.8 Å². The van der Waals surface area contributed by atoms with Gasteiger partial charge >= 0.3 is 0 Å². The average molecular weight is 359 g/mol. The van der Waals surface area contributed by atoms with Crippen LogP contribution in [0.2, 0.25) is 0 Å². The highest BCUT2D eigenvalue weighted by Crippen LogP contribution is 2.37. The van der Waals surface area contributed by atoms with Crippen LogP contribution in [0.4, 0.5) is 5.69 Å². The number of anilines is 1. The van der Waals surface area contributed by atoms with Gasteiger partial charge < -0.3 is 14.8 Å². The number of rotatable bonds is 7. The lowest BCUT2D eigenvalue weighted by atomic mass is 10.0. The molecule has 0 aliphatic carbocycles. The summed E-state index contributed by atoms with van der Waals surface area (Å²) in [5.74, 6) is 1.15. The lowest BCUT2D eigenvalue weighted by Crippen LogP contribution is -2.08. The Balaban J connectivity index is 1.97. The number of hydrogen-bond donors (Lipinski definition) is 1.